The average molecular weight is 304 g/mol. The van der Waals surface area contributed by atoms with Crippen LogP contribution in [-0.2, 0) is 5.41 Å². The Morgan fingerprint density at radius 2 is 1.94 bits per heavy atom. The second-order valence-electron chi connectivity index (χ2n) is 4.94. The molecule has 0 aliphatic rings. The number of carbonyl (C=O) groups is 1. The maximum absolute atomic E-state index is 11.9. The molecule has 1 aromatic rings. The Bertz CT molecular complexity index is 405. The molecule has 1 nitrogen and oxygen atoms in total. The van der Waals surface area contributed by atoms with Crippen molar-refractivity contribution in [3.8, 4) is 0 Å². The smallest absolute Gasteiger partial charge is 0.191 e. The van der Waals surface area contributed by atoms with Crippen LogP contribution in [0.15, 0.2) is 18.2 Å². The molecule has 0 aliphatic heterocycles. The van der Waals surface area contributed by atoms with Crippen LogP contribution in [0.5, 0.6) is 0 Å². The fourth-order valence-electron chi connectivity index (χ4n) is 1.47. The number of aryl methyl sites for hydroxylation is 1. The van der Waals surface area contributed by atoms with Gasteiger partial charge < -0.3 is 0 Å². The van der Waals surface area contributed by atoms with Crippen molar-refractivity contribution in [1.82, 2.24) is 0 Å². The second-order valence-corrected chi connectivity index (χ2v) is 6.82. The van der Waals surface area contributed by atoms with Crippen molar-refractivity contribution in [2.45, 2.75) is 37.4 Å². The highest BCUT2D eigenvalue weighted by Gasteiger charge is 2.20. The summed E-state index contributed by atoms with van der Waals surface area (Å²) < 4.78 is -0.651. The summed E-state index contributed by atoms with van der Waals surface area (Å²) in [6.45, 7) is 8.29. The lowest BCUT2D eigenvalue weighted by molar-refractivity contribution is 0.101. The maximum Gasteiger partial charge on any atom is 0.191 e. The zero-order chi connectivity index (χ0) is 12.5. The van der Waals surface area contributed by atoms with Crippen LogP contribution in [-0.4, -0.2) is 10.1 Å². The topological polar surface area (TPSA) is 17.1 Å². The van der Waals surface area contributed by atoms with Crippen molar-refractivity contribution in [3.63, 3.8) is 0 Å². The molecule has 0 amide bonds. The van der Waals surface area contributed by atoms with Crippen LogP contribution < -0.4 is 0 Å². The van der Waals surface area contributed by atoms with Crippen LogP contribution in [0.1, 0.15) is 42.3 Å². The fourth-order valence-corrected chi connectivity index (χ4v) is 1.84. The third-order valence-corrected chi connectivity index (χ3v) is 3.18. The molecule has 0 radical (unpaired) electrons. The van der Waals surface area contributed by atoms with Gasteiger partial charge in [0, 0.05) is 5.56 Å². The molecule has 1 rings (SSSR count). The third kappa shape index (κ3) is 3.08. The number of hydrogen-bond donors (Lipinski definition) is 0. The minimum absolute atomic E-state index is 0.0385. The Morgan fingerprint density at radius 3 is 2.38 bits per heavy atom. The molecule has 88 valence electrons. The zero-order valence-corrected chi connectivity index (χ0v) is 12.3. The lowest BCUT2D eigenvalue weighted by Crippen LogP contribution is -2.15. The van der Waals surface area contributed by atoms with Crippen LogP contribution in [0.3, 0.4) is 0 Å². The normalized spacial score (nSPS) is 13.6. The second kappa shape index (κ2) is 4.89. The minimum Gasteiger partial charge on any atom is -0.292 e. The highest BCUT2D eigenvalue weighted by atomic mass is 79.9. The van der Waals surface area contributed by atoms with Gasteiger partial charge in [-0.25, -0.2) is 0 Å². The third-order valence-electron chi connectivity index (χ3n) is 2.57. The van der Waals surface area contributed by atoms with Gasteiger partial charge in [0.15, 0.2) is 10.1 Å². The highest BCUT2D eigenvalue weighted by molar-refractivity contribution is 9.10. The molecule has 1 aromatic carbocycles. The first-order chi connectivity index (χ1) is 7.23. The molecule has 3 heteroatoms. The fraction of sp³-hybridized carbons (Fsp3) is 0.462. The standard InChI is InChI=1S/C13H16BrClO/c1-8-5-6-9(13(2,3)4)7-10(8)11(16)12(14)15/h5-7,12H,1-4H3. The van der Waals surface area contributed by atoms with Crippen LogP contribution >= 0.6 is 27.5 Å². The van der Waals surface area contributed by atoms with Gasteiger partial charge in [-0.15, -0.1) is 11.6 Å². The first-order valence-electron chi connectivity index (χ1n) is 5.17. The molecule has 1 atom stereocenters. The van der Waals surface area contributed by atoms with Gasteiger partial charge in [0.05, 0.1) is 0 Å². The van der Waals surface area contributed by atoms with E-state index in [4.69, 9.17) is 11.6 Å². The number of carbonyl (C=O) groups excluding carboxylic acids is 1. The van der Waals surface area contributed by atoms with Crippen LogP contribution in [0.4, 0.5) is 0 Å². The Morgan fingerprint density at radius 1 is 1.38 bits per heavy atom. The van der Waals surface area contributed by atoms with E-state index in [2.05, 4.69) is 42.8 Å². The van der Waals surface area contributed by atoms with Gasteiger partial charge in [0.25, 0.3) is 0 Å². The molecule has 0 fully saturated rings. The molecule has 16 heavy (non-hydrogen) atoms. The summed E-state index contributed by atoms with van der Waals surface area (Å²) in [5, 5.41) is 0. The summed E-state index contributed by atoms with van der Waals surface area (Å²) in [6.07, 6.45) is 0. The molecular formula is C13H16BrClO. The van der Waals surface area contributed by atoms with Gasteiger partial charge in [-0.1, -0.05) is 48.8 Å². The van der Waals surface area contributed by atoms with E-state index in [9.17, 15) is 4.79 Å². The van der Waals surface area contributed by atoms with Crippen LogP contribution in [0, 0.1) is 6.92 Å². The van der Waals surface area contributed by atoms with Crippen LogP contribution in [0.25, 0.3) is 0 Å². The molecule has 0 saturated carbocycles. The molecule has 0 saturated heterocycles. The largest absolute Gasteiger partial charge is 0.292 e. The van der Waals surface area contributed by atoms with Crippen molar-refractivity contribution in [1.29, 1.82) is 0 Å². The summed E-state index contributed by atoms with van der Waals surface area (Å²) in [5.74, 6) is -0.0785. The van der Waals surface area contributed by atoms with E-state index in [1.54, 1.807) is 0 Å². The van der Waals surface area contributed by atoms with Crippen molar-refractivity contribution in [3.05, 3.63) is 34.9 Å². The lowest BCUT2D eigenvalue weighted by atomic mass is 9.85. The first kappa shape index (κ1) is 13.7. The van der Waals surface area contributed by atoms with Gasteiger partial charge in [0.2, 0.25) is 0 Å². The number of rotatable bonds is 2. The van der Waals surface area contributed by atoms with Gasteiger partial charge in [-0.05, 0) is 29.5 Å². The highest BCUT2D eigenvalue weighted by Crippen LogP contribution is 2.26. The van der Waals surface area contributed by atoms with Gasteiger partial charge in [-0.3, -0.25) is 4.79 Å². The Kier molecular flexibility index (Phi) is 4.19. The van der Waals surface area contributed by atoms with Crippen molar-refractivity contribution in [2.75, 3.05) is 0 Å². The van der Waals surface area contributed by atoms with E-state index in [1.165, 1.54) is 0 Å². The predicted octanol–water partition coefficient (Wildman–Crippen LogP) is 4.44. The summed E-state index contributed by atoms with van der Waals surface area (Å²) >= 11 is 8.87. The number of alkyl halides is 2. The molecule has 0 aromatic heterocycles. The Balaban J connectivity index is 3.25. The summed E-state index contributed by atoms with van der Waals surface area (Å²) in [6, 6.07) is 5.97. The summed E-state index contributed by atoms with van der Waals surface area (Å²) in [7, 11) is 0. The molecule has 0 bridgehead atoms. The Labute approximate surface area is 110 Å². The first-order valence-corrected chi connectivity index (χ1v) is 6.52. The van der Waals surface area contributed by atoms with E-state index in [-0.39, 0.29) is 11.2 Å². The van der Waals surface area contributed by atoms with Crippen LogP contribution in [0.2, 0.25) is 0 Å². The summed E-state index contributed by atoms with van der Waals surface area (Å²) in [5.41, 5.74) is 2.84. The van der Waals surface area contributed by atoms with Gasteiger partial charge >= 0.3 is 0 Å². The number of hydrogen-bond acceptors (Lipinski definition) is 1. The van der Waals surface area contributed by atoms with Gasteiger partial charge in [-0.2, -0.15) is 0 Å². The van der Waals surface area contributed by atoms with E-state index >= 15 is 0 Å². The molecule has 0 spiro atoms. The number of halogens is 2. The monoisotopic (exact) mass is 302 g/mol. The molecule has 0 heterocycles. The quantitative estimate of drug-likeness (QED) is 0.583. The van der Waals surface area contributed by atoms with Crippen molar-refractivity contribution < 1.29 is 4.79 Å². The molecule has 0 N–H and O–H groups in total. The number of Topliss-reactive ketones (excluding diaryl/α,β-unsaturated/α-hetero) is 1. The van der Waals surface area contributed by atoms with E-state index < -0.39 is 4.29 Å². The predicted molar refractivity (Wildman–Crippen MR) is 72.8 cm³/mol. The van der Waals surface area contributed by atoms with E-state index in [1.807, 2.05) is 19.1 Å². The van der Waals surface area contributed by atoms with Crippen molar-refractivity contribution >= 4 is 33.3 Å². The molecular weight excluding hydrogens is 287 g/mol. The average Bonchev–Trinajstić information content (AvgIpc) is 2.15. The number of ketones is 1. The van der Waals surface area contributed by atoms with Gasteiger partial charge in [0.1, 0.15) is 0 Å². The van der Waals surface area contributed by atoms with E-state index in [0.29, 0.717) is 5.56 Å². The zero-order valence-electron chi connectivity index (χ0n) is 9.97. The molecule has 0 aliphatic carbocycles. The number of benzene rings is 1. The van der Waals surface area contributed by atoms with Crippen molar-refractivity contribution in [2.24, 2.45) is 0 Å². The maximum atomic E-state index is 11.9. The van der Waals surface area contributed by atoms with E-state index in [0.717, 1.165) is 11.1 Å². The SMILES string of the molecule is Cc1ccc(C(C)(C)C)cc1C(=O)C(Cl)Br. The summed E-state index contributed by atoms with van der Waals surface area (Å²) in [4.78, 5) is 11.9. The minimum atomic E-state index is -0.651. The Hall–Kier alpha value is -0.340. The lowest BCUT2D eigenvalue weighted by Gasteiger charge is -2.20. The molecule has 1 unspecified atom stereocenters.